The Labute approximate surface area is 197 Å². The number of imidazole rings is 1. The maximum absolute atomic E-state index is 13.1. The number of hydrogen-bond donors (Lipinski definition) is 1. The van der Waals surface area contributed by atoms with Crippen LogP contribution in [0.3, 0.4) is 0 Å². The minimum Gasteiger partial charge on any atom is -0.322 e. The van der Waals surface area contributed by atoms with E-state index in [-0.39, 0.29) is 11.8 Å². The van der Waals surface area contributed by atoms with Gasteiger partial charge in [-0.25, -0.2) is 19.2 Å². The quantitative estimate of drug-likeness (QED) is 0.488. The molecular formula is C26H27FN6O. The second kappa shape index (κ2) is 9.23. The molecule has 0 unspecified atom stereocenters. The number of pyridine rings is 1. The van der Waals surface area contributed by atoms with E-state index in [0.29, 0.717) is 25.3 Å². The lowest BCUT2D eigenvalue weighted by Gasteiger charge is -2.34. The fourth-order valence-electron chi connectivity index (χ4n) is 4.46. The molecule has 8 heteroatoms. The van der Waals surface area contributed by atoms with E-state index in [1.165, 1.54) is 23.3 Å². The number of piperazine rings is 1. The van der Waals surface area contributed by atoms with E-state index in [4.69, 9.17) is 4.98 Å². The molecule has 0 radical (unpaired) electrons. The van der Waals surface area contributed by atoms with Crippen LogP contribution in [-0.2, 0) is 6.54 Å². The molecule has 0 saturated carbocycles. The predicted molar refractivity (Wildman–Crippen MR) is 131 cm³/mol. The van der Waals surface area contributed by atoms with E-state index >= 15 is 0 Å². The van der Waals surface area contributed by atoms with Gasteiger partial charge < -0.3 is 10.2 Å². The predicted octanol–water partition coefficient (Wildman–Crippen LogP) is 4.53. The highest BCUT2D eigenvalue weighted by Gasteiger charge is 2.23. The average Bonchev–Trinajstić information content (AvgIpc) is 3.18. The fourth-order valence-corrected chi connectivity index (χ4v) is 4.46. The number of fused-ring (bicyclic) bond motifs is 1. The number of amides is 2. The van der Waals surface area contributed by atoms with Gasteiger partial charge in [-0.05, 0) is 73.5 Å². The van der Waals surface area contributed by atoms with Crippen molar-refractivity contribution >= 4 is 22.9 Å². The molecule has 1 fully saturated rings. The Kier molecular flexibility index (Phi) is 5.98. The summed E-state index contributed by atoms with van der Waals surface area (Å²) < 4.78 is 15.2. The molecule has 0 bridgehead atoms. The van der Waals surface area contributed by atoms with E-state index in [0.717, 1.165) is 35.8 Å². The number of nitrogens with one attached hydrogen (secondary N) is 1. The Morgan fingerprint density at radius 2 is 1.71 bits per heavy atom. The first-order chi connectivity index (χ1) is 16.5. The summed E-state index contributed by atoms with van der Waals surface area (Å²) in [6.45, 7) is 7.54. The molecule has 0 aliphatic carbocycles. The molecule has 2 amide bonds. The molecule has 5 rings (SSSR count). The average molecular weight is 459 g/mol. The topological polar surface area (TPSA) is 66.3 Å². The van der Waals surface area contributed by atoms with Gasteiger partial charge in [-0.15, -0.1) is 0 Å². The Morgan fingerprint density at radius 1 is 1.00 bits per heavy atom. The van der Waals surface area contributed by atoms with Crippen LogP contribution in [0, 0.1) is 19.7 Å². The number of aromatic nitrogens is 3. The Hall–Kier alpha value is -3.78. The van der Waals surface area contributed by atoms with Crippen molar-refractivity contribution in [1.29, 1.82) is 0 Å². The molecule has 1 aliphatic rings. The van der Waals surface area contributed by atoms with Gasteiger partial charge in [0.25, 0.3) is 0 Å². The van der Waals surface area contributed by atoms with Crippen molar-refractivity contribution in [2.24, 2.45) is 0 Å². The summed E-state index contributed by atoms with van der Waals surface area (Å²) in [5, 5.41) is 2.84. The molecular weight excluding hydrogens is 431 g/mol. The standard InChI is InChI=1S/C26H27FN6O/c1-18-14-19(2)16-22(15-18)33-24(30-23-4-3-9-28-25(23)33)17-31-10-12-32(13-11-31)26(34)29-21-7-5-20(27)6-8-21/h3-9,14-16H,10-13,17H2,1-2H3,(H,29,34). The number of benzene rings is 2. The fraction of sp³-hybridized carbons (Fsp3) is 0.269. The molecule has 2 aromatic heterocycles. The zero-order chi connectivity index (χ0) is 23.7. The van der Waals surface area contributed by atoms with E-state index in [1.54, 1.807) is 23.2 Å². The van der Waals surface area contributed by atoms with Gasteiger partial charge >= 0.3 is 6.03 Å². The first-order valence-corrected chi connectivity index (χ1v) is 11.4. The Morgan fingerprint density at radius 3 is 2.41 bits per heavy atom. The van der Waals surface area contributed by atoms with E-state index < -0.39 is 0 Å². The maximum atomic E-state index is 13.1. The summed E-state index contributed by atoms with van der Waals surface area (Å²) in [4.78, 5) is 26.2. The Bertz CT molecular complexity index is 1300. The van der Waals surface area contributed by atoms with Gasteiger partial charge in [0.2, 0.25) is 0 Å². The molecule has 1 saturated heterocycles. The lowest BCUT2D eigenvalue weighted by molar-refractivity contribution is 0.140. The van der Waals surface area contributed by atoms with E-state index in [2.05, 4.69) is 51.8 Å². The molecule has 2 aromatic carbocycles. The number of hydrogen-bond acceptors (Lipinski definition) is 4. The maximum Gasteiger partial charge on any atom is 0.321 e. The number of rotatable bonds is 4. The van der Waals surface area contributed by atoms with Crippen molar-refractivity contribution in [2.45, 2.75) is 20.4 Å². The molecule has 7 nitrogen and oxygen atoms in total. The third kappa shape index (κ3) is 4.63. The minimum absolute atomic E-state index is 0.169. The second-order valence-corrected chi connectivity index (χ2v) is 8.76. The van der Waals surface area contributed by atoms with Crippen molar-refractivity contribution in [3.05, 3.63) is 83.6 Å². The number of carbonyl (C=O) groups is 1. The van der Waals surface area contributed by atoms with Gasteiger partial charge in [-0.3, -0.25) is 9.47 Å². The largest absolute Gasteiger partial charge is 0.322 e. The number of aryl methyl sites for hydroxylation is 2. The lowest BCUT2D eigenvalue weighted by atomic mass is 10.1. The summed E-state index contributed by atoms with van der Waals surface area (Å²) in [6, 6.07) is 16.0. The van der Waals surface area contributed by atoms with Gasteiger partial charge in [-0.2, -0.15) is 0 Å². The molecule has 1 N–H and O–H groups in total. The molecule has 174 valence electrons. The third-order valence-electron chi connectivity index (χ3n) is 6.07. The minimum atomic E-state index is -0.325. The van der Waals surface area contributed by atoms with Gasteiger partial charge in [-0.1, -0.05) is 6.07 Å². The number of carbonyl (C=O) groups excluding carboxylic acids is 1. The summed E-state index contributed by atoms with van der Waals surface area (Å²) in [6.07, 6.45) is 1.80. The van der Waals surface area contributed by atoms with Crippen LogP contribution in [0.4, 0.5) is 14.9 Å². The van der Waals surface area contributed by atoms with Crippen LogP contribution in [-0.4, -0.2) is 56.5 Å². The van der Waals surface area contributed by atoms with Crippen molar-refractivity contribution < 1.29 is 9.18 Å². The van der Waals surface area contributed by atoms with Crippen LogP contribution in [0.15, 0.2) is 60.8 Å². The van der Waals surface area contributed by atoms with E-state index in [9.17, 15) is 9.18 Å². The number of halogens is 1. The SMILES string of the molecule is Cc1cc(C)cc(-n2c(CN3CCN(C(=O)Nc4ccc(F)cc4)CC3)nc3cccnc32)c1. The van der Waals surface area contributed by atoms with Crippen LogP contribution in [0.25, 0.3) is 16.9 Å². The molecule has 1 aliphatic heterocycles. The molecule has 0 atom stereocenters. The van der Waals surface area contributed by atoms with Gasteiger partial charge in [0, 0.05) is 43.8 Å². The molecule has 4 aromatic rings. The highest BCUT2D eigenvalue weighted by molar-refractivity contribution is 5.89. The number of anilines is 1. The van der Waals surface area contributed by atoms with Crippen molar-refractivity contribution in [2.75, 3.05) is 31.5 Å². The second-order valence-electron chi connectivity index (χ2n) is 8.76. The summed E-state index contributed by atoms with van der Waals surface area (Å²) in [7, 11) is 0. The number of nitrogens with zero attached hydrogens (tertiary/aromatic N) is 5. The molecule has 34 heavy (non-hydrogen) atoms. The van der Waals surface area contributed by atoms with Crippen LogP contribution in [0.2, 0.25) is 0 Å². The molecule has 3 heterocycles. The van der Waals surface area contributed by atoms with Crippen molar-refractivity contribution in [1.82, 2.24) is 24.3 Å². The zero-order valence-electron chi connectivity index (χ0n) is 19.3. The summed E-state index contributed by atoms with van der Waals surface area (Å²) >= 11 is 0. The number of urea groups is 1. The summed E-state index contributed by atoms with van der Waals surface area (Å²) in [5.41, 5.74) is 5.75. The highest BCUT2D eigenvalue weighted by Crippen LogP contribution is 2.23. The Balaban J connectivity index is 1.31. The van der Waals surface area contributed by atoms with Crippen molar-refractivity contribution in [3.8, 4) is 5.69 Å². The van der Waals surface area contributed by atoms with Gasteiger partial charge in [0.1, 0.15) is 17.2 Å². The smallest absolute Gasteiger partial charge is 0.321 e. The first kappa shape index (κ1) is 22.0. The lowest BCUT2D eigenvalue weighted by Crippen LogP contribution is -2.49. The molecule has 0 spiro atoms. The third-order valence-corrected chi connectivity index (χ3v) is 6.07. The van der Waals surface area contributed by atoms with Crippen LogP contribution >= 0.6 is 0 Å². The normalized spacial score (nSPS) is 14.5. The van der Waals surface area contributed by atoms with Gasteiger partial charge in [0.05, 0.1) is 6.54 Å². The summed E-state index contributed by atoms with van der Waals surface area (Å²) in [5.74, 6) is 0.608. The zero-order valence-corrected chi connectivity index (χ0v) is 19.3. The van der Waals surface area contributed by atoms with Crippen molar-refractivity contribution in [3.63, 3.8) is 0 Å². The first-order valence-electron chi connectivity index (χ1n) is 11.4. The van der Waals surface area contributed by atoms with Crippen LogP contribution in [0.1, 0.15) is 17.0 Å². The monoisotopic (exact) mass is 458 g/mol. The van der Waals surface area contributed by atoms with Gasteiger partial charge in [0.15, 0.2) is 5.65 Å². The van der Waals surface area contributed by atoms with Crippen LogP contribution in [0.5, 0.6) is 0 Å². The highest BCUT2D eigenvalue weighted by atomic mass is 19.1. The van der Waals surface area contributed by atoms with E-state index in [1.807, 2.05) is 12.1 Å². The van der Waals surface area contributed by atoms with Crippen LogP contribution < -0.4 is 5.32 Å².